The summed E-state index contributed by atoms with van der Waals surface area (Å²) in [7, 11) is 0. The highest BCUT2D eigenvalue weighted by atomic mass is 16.2. The number of benzene rings is 1. The molecule has 0 aromatic heterocycles. The smallest absolute Gasteiger partial charge is 0.241 e. The number of rotatable bonds is 4. The van der Waals surface area contributed by atoms with E-state index < -0.39 is 6.04 Å². The lowest BCUT2D eigenvalue weighted by molar-refractivity contribution is -0.118. The van der Waals surface area contributed by atoms with Gasteiger partial charge in [-0.15, -0.1) is 0 Å². The van der Waals surface area contributed by atoms with Gasteiger partial charge in [0.15, 0.2) is 0 Å². The zero-order valence-electron chi connectivity index (χ0n) is 11.7. The van der Waals surface area contributed by atoms with Gasteiger partial charge in [-0.3, -0.25) is 4.79 Å². The van der Waals surface area contributed by atoms with E-state index >= 15 is 0 Å². The van der Waals surface area contributed by atoms with Crippen molar-refractivity contribution in [3.8, 4) is 0 Å². The maximum atomic E-state index is 11.9. The summed E-state index contributed by atoms with van der Waals surface area (Å²) in [5.74, 6) is 0.0235. The average molecular weight is 261 g/mol. The van der Waals surface area contributed by atoms with Crippen LogP contribution < -0.4 is 16.0 Å². The Bertz CT molecular complexity index is 439. The number of nitrogens with zero attached hydrogens (tertiary/aromatic N) is 1. The zero-order valence-corrected chi connectivity index (χ0v) is 11.7. The number of carbonyl (C=O) groups excluding carboxylic acids is 1. The van der Waals surface area contributed by atoms with Crippen LogP contribution in [0.15, 0.2) is 24.3 Å². The molecule has 0 saturated carbocycles. The molecule has 0 aliphatic carbocycles. The van der Waals surface area contributed by atoms with E-state index in [9.17, 15) is 4.79 Å². The van der Waals surface area contributed by atoms with Crippen LogP contribution in [-0.2, 0) is 4.79 Å². The Morgan fingerprint density at radius 3 is 2.63 bits per heavy atom. The number of hydrogen-bond donors (Lipinski definition) is 2. The first-order valence-electron chi connectivity index (χ1n) is 6.99. The molecule has 1 fully saturated rings. The van der Waals surface area contributed by atoms with Crippen LogP contribution in [0.4, 0.5) is 11.4 Å². The fourth-order valence-electron chi connectivity index (χ4n) is 2.28. The Morgan fingerprint density at radius 1 is 1.32 bits per heavy atom. The molecule has 1 amide bonds. The topological polar surface area (TPSA) is 58.4 Å². The normalized spacial score (nSPS) is 16.7. The summed E-state index contributed by atoms with van der Waals surface area (Å²) in [5, 5.41) is 2.90. The molecule has 1 unspecified atom stereocenters. The molecule has 2 rings (SSSR count). The van der Waals surface area contributed by atoms with E-state index in [0.29, 0.717) is 0 Å². The molecule has 1 heterocycles. The molecule has 4 heteroatoms. The molecule has 0 spiro atoms. The minimum Gasteiger partial charge on any atom is -0.371 e. The van der Waals surface area contributed by atoms with Crippen LogP contribution in [-0.4, -0.2) is 25.0 Å². The van der Waals surface area contributed by atoms with Gasteiger partial charge < -0.3 is 16.0 Å². The lowest BCUT2D eigenvalue weighted by atomic mass is 10.0. The summed E-state index contributed by atoms with van der Waals surface area (Å²) in [6.45, 7) is 6.10. The maximum absolute atomic E-state index is 11.9. The van der Waals surface area contributed by atoms with Crippen molar-refractivity contribution < 1.29 is 4.79 Å². The predicted octanol–water partition coefficient (Wildman–Crippen LogP) is 2.21. The van der Waals surface area contributed by atoms with Crippen molar-refractivity contribution in [2.24, 2.45) is 11.7 Å². The molecule has 0 radical (unpaired) electrons. The van der Waals surface area contributed by atoms with Gasteiger partial charge in [0.2, 0.25) is 5.91 Å². The van der Waals surface area contributed by atoms with Crippen molar-refractivity contribution in [1.82, 2.24) is 0 Å². The van der Waals surface area contributed by atoms with Gasteiger partial charge in [0.05, 0.1) is 6.04 Å². The molecule has 4 nitrogen and oxygen atoms in total. The van der Waals surface area contributed by atoms with E-state index in [1.807, 2.05) is 32.0 Å². The Labute approximate surface area is 115 Å². The summed E-state index contributed by atoms with van der Waals surface area (Å²) >= 11 is 0. The van der Waals surface area contributed by atoms with Crippen LogP contribution in [0.25, 0.3) is 0 Å². The number of anilines is 2. The Morgan fingerprint density at radius 2 is 2.00 bits per heavy atom. The first-order chi connectivity index (χ1) is 9.08. The molecule has 1 aliphatic rings. The fourth-order valence-corrected chi connectivity index (χ4v) is 2.28. The molecule has 1 saturated heterocycles. The zero-order chi connectivity index (χ0) is 13.8. The van der Waals surface area contributed by atoms with Gasteiger partial charge in [0.25, 0.3) is 0 Å². The summed E-state index contributed by atoms with van der Waals surface area (Å²) < 4.78 is 0. The molecular weight excluding hydrogens is 238 g/mol. The maximum Gasteiger partial charge on any atom is 0.241 e. The Kier molecular flexibility index (Phi) is 4.43. The highest BCUT2D eigenvalue weighted by molar-refractivity contribution is 5.95. The number of nitrogens with two attached hydrogens (primary N) is 1. The molecule has 1 aliphatic heterocycles. The average Bonchev–Trinajstić information content (AvgIpc) is 2.91. The fraction of sp³-hybridized carbons (Fsp3) is 0.533. The van der Waals surface area contributed by atoms with Crippen LogP contribution in [0.2, 0.25) is 0 Å². The standard InChI is InChI=1S/C15H23N3O/c1-11(2)14(16)15(19)17-12-6-5-7-13(10-12)18-8-3-4-9-18/h5-7,10-11,14H,3-4,8-9,16H2,1-2H3,(H,17,19). The van der Waals surface area contributed by atoms with E-state index in [2.05, 4.69) is 16.3 Å². The van der Waals surface area contributed by atoms with Crippen molar-refractivity contribution in [3.05, 3.63) is 24.3 Å². The molecule has 1 aromatic carbocycles. The van der Waals surface area contributed by atoms with Gasteiger partial charge in [-0.25, -0.2) is 0 Å². The number of nitrogens with one attached hydrogen (secondary N) is 1. The van der Waals surface area contributed by atoms with Gasteiger partial charge in [0, 0.05) is 24.5 Å². The van der Waals surface area contributed by atoms with E-state index in [1.54, 1.807) is 0 Å². The highest BCUT2D eigenvalue weighted by Gasteiger charge is 2.18. The molecule has 104 valence electrons. The SMILES string of the molecule is CC(C)C(N)C(=O)Nc1cccc(N2CCCC2)c1. The first-order valence-corrected chi connectivity index (χ1v) is 6.99. The molecule has 1 aromatic rings. The lowest BCUT2D eigenvalue weighted by Gasteiger charge is -2.19. The second-order valence-corrected chi connectivity index (χ2v) is 5.50. The Hall–Kier alpha value is -1.55. The van der Waals surface area contributed by atoms with Gasteiger partial charge in [-0.1, -0.05) is 19.9 Å². The minimum atomic E-state index is -0.463. The highest BCUT2D eigenvalue weighted by Crippen LogP contribution is 2.23. The molecule has 3 N–H and O–H groups in total. The molecule has 1 atom stereocenters. The lowest BCUT2D eigenvalue weighted by Crippen LogP contribution is -2.39. The van der Waals surface area contributed by atoms with E-state index in [4.69, 9.17) is 5.73 Å². The summed E-state index contributed by atoms with van der Waals surface area (Å²) in [6.07, 6.45) is 2.49. The number of amides is 1. The second-order valence-electron chi connectivity index (χ2n) is 5.50. The monoisotopic (exact) mass is 261 g/mol. The number of carbonyl (C=O) groups is 1. The largest absolute Gasteiger partial charge is 0.371 e. The second kappa shape index (κ2) is 6.06. The summed E-state index contributed by atoms with van der Waals surface area (Å²) in [4.78, 5) is 14.3. The summed E-state index contributed by atoms with van der Waals surface area (Å²) in [6, 6.07) is 7.53. The molecular formula is C15H23N3O. The molecule has 0 bridgehead atoms. The van der Waals surface area contributed by atoms with E-state index in [-0.39, 0.29) is 11.8 Å². The third-order valence-electron chi connectivity index (χ3n) is 3.61. The van der Waals surface area contributed by atoms with Crippen LogP contribution in [0, 0.1) is 5.92 Å². The minimum absolute atomic E-state index is 0.117. The van der Waals surface area contributed by atoms with Crippen molar-refractivity contribution in [3.63, 3.8) is 0 Å². The van der Waals surface area contributed by atoms with Crippen molar-refractivity contribution in [1.29, 1.82) is 0 Å². The van der Waals surface area contributed by atoms with Gasteiger partial charge >= 0.3 is 0 Å². The van der Waals surface area contributed by atoms with Gasteiger partial charge in [-0.2, -0.15) is 0 Å². The van der Waals surface area contributed by atoms with Crippen LogP contribution in [0.5, 0.6) is 0 Å². The predicted molar refractivity (Wildman–Crippen MR) is 79.3 cm³/mol. The van der Waals surface area contributed by atoms with Crippen molar-refractivity contribution in [2.45, 2.75) is 32.7 Å². The first kappa shape index (κ1) is 13.9. The quantitative estimate of drug-likeness (QED) is 0.873. The van der Waals surface area contributed by atoms with E-state index in [1.165, 1.54) is 18.5 Å². The van der Waals surface area contributed by atoms with Crippen molar-refractivity contribution >= 4 is 17.3 Å². The number of hydrogen-bond acceptors (Lipinski definition) is 3. The van der Waals surface area contributed by atoms with Crippen LogP contribution in [0.1, 0.15) is 26.7 Å². The van der Waals surface area contributed by atoms with Crippen molar-refractivity contribution in [2.75, 3.05) is 23.3 Å². The molecule has 19 heavy (non-hydrogen) atoms. The van der Waals surface area contributed by atoms with Gasteiger partial charge in [0.1, 0.15) is 0 Å². The third-order valence-corrected chi connectivity index (χ3v) is 3.61. The van der Waals surface area contributed by atoms with E-state index in [0.717, 1.165) is 18.8 Å². The van der Waals surface area contributed by atoms with Crippen LogP contribution in [0.3, 0.4) is 0 Å². The van der Waals surface area contributed by atoms with Gasteiger partial charge in [-0.05, 0) is 37.0 Å². The van der Waals surface area contributed by atoms with Crippen LogP contribution >= 0.6 is 0 Å². The summed E-state index contributed by atoms with van der Waals surface area (Å²) in [5.41, 5.74) is 7.84. The Balaban J connectivity index is 2.04. The third kappa shape index (κ3) is 3.47.